The first-order valence-corrected chi connectivity index (χ1v) is 12.0. The van der Waals surface area contributed by atoms with E-state index in [0.29, 0.717) is 0 Å². The maximum Gasteiger partial charge on any atom is 0.229 e. The van der Waals surface area contributed by atoms with Crippen LogP contribution in [0.1, 0.15) is 18.4 Å². The van der Waals surface area contributed by atoms with Crippen LogP contribution in [0.4, 0.5) is 17.6 Å². The van der Waals surface area contributed by atoms with Crippen LogP contribution in [0.2, 0.25) is 0 Å². The van der Waals surface area contributed by atoms with Gasteiger partial charge in [0.1, 0.15) is 11.6 Å². The lowest BCUT2D eigenvalue weighted by Gasteiger charge is -2.35. The van der Waals surface area contributed by atoms with E-state index >= 15 is 0 Å². The molecule has 32 heavy (non-hydrogen) atoms. The Kier molecular flexibility index (Phi) is 7.44. The first-order valence-electron chi connectivity index (χ1n) is 11.0. The van der Waals surface area contributed by atoms with E-state index in [0.717, 1.165) is 74.6 Å². The number of thiophene rings is 1. The van der Waals surface area contributed by atoms with Crippen molar-refractivity contribution in [3.63, 3.8) is 0 Å². The Morgan fingerprint density at radius 1 is 1.16 bits per heavy atom. The number of anilines is 3. The Bertz CT molecular complexity index is 974. The summed E-state index contributed by atoms with van der Waals surface area (Å²) in [6.45, 7) is 4.89. The summed E-state index contributed by atoms with van der Waals surface area (Å²) in [4.78, 5) is 16.5. The van der Waals surface area contributed by atoms with Gasteiger partial charge in [0.05, 0.1) is 12.9 Å². The van der Waals surface area contributed by atoms with Gasteiger partial charge in [-0.05, 0) is 28.5 Å². The molecule has 7 nitrogen and oxygen atoms in total. The van der Waals surface area contributed by atoms with Gasteiger partial charge in [-0.3, -0.25) is 4.90 Å². The van der Waals surface area contributed by atoms with Crippen molar-refractivity contribution in [2.45, 2.75) is 19.4 Å². The molecular formula is C24H32N6OS. The van der Waals surface area contributed by atoms with E-state index < -0.39 is 0 Å². The Balaban J connectivity index is 1.46. The largest absolute Gasteiger partial charge is 0.501 e. The topological polar surface area (TPSA) is 56.8 Å². The van der Waals surface area contributed by atoms with E-state index in [1.54, 1.807) is 18.4 Å². The fourth-order valence-corrected chi connectivity index (χ4v) is 4.43. The summed E-state index contributed by atoms with van der Waals surface area (Å²) in [5.74, 6) is 3.45. The number of nitrogens with one attached hydrogen (secondary N) is 1. The Morgan fingerprint density at radius 3 is 2.72 bits per heavy atom. The van der Waals surface area contributed by atoms with E-state index in [4.69, 9.17) is 14.7 Å². The van der Waals surface area contributed by atoms with Crippen molar-refractivity contribution < 1.29 is 4.74 Å². The van der Waals surface area contributed by atoms with Crippen molar-refractivity contribution in [2.24, 2.45) is 0 Å². The van der Waals surface area contributed by atoms with Crippen LogP contribution >= 0.6 is 11.3 Å². The minimum absolute atomic E-state index is 0.758. The van der Waals surface area contributed by atoms with Gasteiger partial charge in [0, 0.05) is 71.4 Å². The number of hydrogen-bond donors (Lipinski definition) is 1. The summed E-state index contributed by atoms with van der Waals surface area (Å²) >= 11 is 1.76. The highest BCUT2D eigenvalue weighted by Gasteiger charge is 2.21. The molecule has 1 fully saturated rings. The second-order valence-corrected chi connectivity index (χ2v) is 9.01. The average Bonchev–Trinajstić information content (AvgIpc) is 3.29. The van der Waals surface area contributed by atoms with Crippen molar-refractivity contribution in [3.05, 3.63) is 64.2 Å². The molecule has 0 bridgehead atoms. The van der Waals surface area contributed by atoms with E-state index in [1.807, 2.05) is 37.2 Å². The fraction of sp³-hybridized carbons (Fsp3) is 0.417. The number of piperazine rings is 1. The van der Waals surface area contributed by atoms with Crippen LogP contribution in [0.15, 0.2) is 58.7 Å². The molecule has 0 amide bonds. The normalized spacial score (nSPS) is 21.5. The summed E-state index contributed by atoms with van der Waals surface area (Å²) in [6, 6.07) is 4.22. The van der Waals surface area contributed by atoms with Gasteiger partial charge in [-0.2, -0.15) is 21.3 Å². The molecule has 1 N–H and O–H groups in total. The molecular weight excluding hydrogens is 420 g/mol. The Hall–Kier alpha value is -2.84. The van der Waals surface area contributed by atoms with Gasteiger partial charge in [-0.25, -0.2) is 0 Å². The molecule has 0 unspecified atom stereocenters. The van der Waals surface area contributed by atoms with Crippen molar-refractivity contribution in [2.75, 3.05) is 62.5 Å². The summed E-state index contributed by atoms with van der Waals surface area (Å²) in [5.41, 5.74) is 2.51. The maximum atomic E-state index is 5.41. The minimum Gasteiger partial charge on any atom is -0.501 e. The number of nitrogens with zero attached hydrogens (tertiary/aromatic N) is 5. The van der Waals surface area contributed by atoms with E-state index in [1.165, 1.54) is 5.56 Å². The van der Waals surface area contributed by atoms with E-state index in [9.17, 15) is 0 Å². The molecule has 1 saturated heterocycles. The fourth-order valence-electron chi connectivity index (χ4n) is 3.77. The highest BCUT2D eigenvalue weighted by atomic mass is 32.1. The van der Waals surface area contributed by atoms with Crippen LogP contribution in [-0.2, 0) is 11.3 Å². The number of rotatable bonds is 7. The first kappa shape index (κ1) is 22.4. The standard InChI is InChI=1S/C24H32N6OS/c1-28(2)23-16-22(25-20-6-4-5-7-21(31-3)9-8-20)26-24(27-23)30-13-11-29(12-14-30)17-19-10-15-32-18-19/h4-5,7-8,10,15-16,18H,6,9,11-14,17H2,1-3H3,(H,25,26,27)/b5-4-,20-8+,21-7+. The molecule has 8 heteroatoms. The van der Waals surface area contributed by atoms with Crippen LogP contribution < -0.4 is 15.1 Å². The molecule has 0 spiro atoms. The van der Waals surface area contributed by atoms with Crippen LogP contribution in [0.25, 0.3) is 0 Å². The summed E-state index contributed by atoms with van der Waals surface area (Å²) in [5, 5.41) is 7.90. The highest BCUT2D eigenvalue weighted by molar-refractivity contribution is 7.07. The molecule has 2 aliphatic rings. The maximum absolute atomic E-state index is 5.41. The third-order valence-electron chi connectivity index (χ3n) is 5.66. The minimum atomic E-state index is 0.758. The zero-order valence-corrected chi connectivity index (χ0v) is 19.9. The average molecular weight is 453 g/mol. The van der Waals surface area contributed by atoms with Gasteiger partial charge in [0.15, 0.2) is 0 Å². The highest BCUT2D eigenvalue weighted by Crippen LogP contribution is 2.23. The van der Waals surface area contributed by atoms with Crippen LogP contribution in [0, 0.1) is 0 Å². The van der Waals surface area contributed by atoms with Crippen molar-refractivity contribution in [3.8, 4) is 0 Å². The van der Waals surface area contributed by atoms with Crippen molar-refractivity contribution >= 4 is 28.9 Å². The van der Waals surface area contributed by atoms with Gasteiger partial charge >= 0.3 is 0 Å². The number of aromatic nitrogens is 2. The lowest BCUT2D eigenvalue weighted by molar-refractivity contribution is 0.249. The summed E-state index contributed by atoms with van der Waals surface area (Å²) in [6.07, 6.45) is 9.93. The number of hydrogen-bond acceptors (Lipinski definition) is 8. The summed E-state index contributed by atoms with van der Waals surface area (Å²) in [7, 11) is 5.74. The Labute approximate surface area is 194 Å². The van der Waals surface area contributed by atoms with Gasteiger partial charge in [0.25, 0.3) is 0 Å². The van der Waals surface area contributed by atoms with E-state index in [2.05, 4.69) is 44.1 Å². The second kappa shape index (κ2) is 10.7. The van der Waals surface area contributed by atoms with Crippen LogP contribution in [0.3, 0.4) is 0 Å². The Morgan fingerprint density at radius 2 is 2.00 bits per heavy atom. The SMILES string of the molecule is CO/C1=C/C=C\C/C(Nc2cc(N(C)C)nc(N3CCN(Cc4ccsc4)CC3)n2)=C\C1. The summed E-state index contributed by atoms with van der Waals surface area (Å²) < 4.78 is 5.41. The zero-order valence-electron chi connectivity index (χ0n) is 19.1. The molecule has 4 rings (SSSR count). The number of ether oxygens (including phenoxy) is 1. The van der Waals surface area contributed by atoms with Gasteiger partial charge in [-0.15, -0.1) is 0 Å². The monoisotopic (exact) mass is 452 g/mol. The van der Waals surface area contributed by atoms with Crippen LogP contribution in [-0.4, -0.2) is 62.3 Å². The molecule has 1 aliphatic carbocycles. The lowest BCUT2D eigenvalue weighted by atomic mass is 10.1. The number of allylic oxidation sites excluding steroid dienone is 4. The van der Waals surface area contributed by atoms with Crippen molar-refractivity contribution in [1.29, 1.82) is 0 Å². The molecule has 0 radical (unpaired) electrons. The third kappa shape index (κ3) is 5.89. The molecule has 1 aliphatic heterocycles. The van der Waals surface area contributed by atoms with Crippen molar-refractivity contribution in [1.82, 2.24) is 14.9 Å². The molecule has 2 aromatic heterocycles. The zero-order chi connectivity index (χ0) is 22.3. The predicted octanol–water partition coefficient (Wildman–Crippen LogP) is 4.10. The first-order chi connectivity index (χ1) is 15.6. The predicted molar refractivity (Wildman–Crippen MR) is 133 cm³/mol. The second-order valence-electron chi connectivity index (χ2n) is 8.23. The lowest BCUT2D eigenvalue weighted by Crippen LogP contribution is -2.46. The quantitative estimate of drug-likeness (QED) is 0.679. The van der Waals surface area contributed by atoms with Gasteiger partial charge < -0.3 is 19.9 Å². The van der Waals surface area contributed by atoms with E-state index in [-0.39, 0.29) is 0 Å². The van der Waals surface area contributed by atoms with Gasteiger partial charge in [-0.1, -0.05) is 18.2 Å². The molecule has 0 aromatic carbocycles. The number of methoxy groups -OCH3 is 1. The molecule has 170 valence electrons. The smallest absolute Gasteiger partial charge is 0.229 e. The molecule has 0 atom stereocenters. The van der Waals surface area contributed by atoms with Gasteiger partial charge in [0.2, 0.25) is 5.95 Å². The molecule has 0 saturated carbocycles. The van der Waals surface area contributed by atoms with Crippen LogP contribution in [0.5, 0.6) is 0 Å². The third-order valence-corrected chi connectivity index (χ3v) is 6.39. The molecule has 2 aromatic rings. The molecule has 3 heterocycles.